The van der Waals surface area contributed by atoms with Crippen LogP contribution >= 0.6 is 11.3 Å². The van der Waals surface area contributed by atoms with Gasteiger partial charge in [0.05, 0.1) is 0 Å². The molecule has 0 N–H and O–H groups in total. The zero-order valence-corrected chi connectivity index (χ0v) is 8.44. The molecule has 1 saturated carbocycles. The van der Waals surface area contributed by atoms with Crippen LogP contribution < -0.4 is 0 Å². The molecule has 0 bridgehead atoms. The van der Waals surface area contributed by atoms with E-state index in [1.165, 1.54) is 32.1 Å². The molecule has 0 saturated heterocycles. The van der Waals surface area contributed by atoms with Gasteiger partial charge in [0.25, 0.3) is 0 Å². The Hall–Kier alpha value is -0.810. The number of thiazole rings is 1. The molecule has 0 atom stereocenters. The zero-order valence-electron chi connectivity index (χ0n) is 7.62. The first kappa shape index (κ1) is 8.77. The molecule has 2 heteroatoms. The summed E-state index contributed by atoms with van der Waals surface area (Å²) in [6.07, 6.45) is 8.51. The van der Waals surface area contributed by atoms with E-state index in [-0.39, 0.29) is 0 Å². The normalized spacial score (nSPS) is 17.8. The summed E-state index contributed by atoms with van der Waals surface area (Å²) in [5.41, 5.74) is 0. The van der Waals surface area contributed by atoms with Gasteiger partial charge in [0.15, 0.2) is 5.01 Å². The quantitative estimate of drug-likeness (QED) is 0.574. The Kier molecular flexibility index (Phi) is 2.99. The maximum Gasteiger partial charge on any atom is 0.166 e. The predicted molar refractivity (Wildman–Crippen MR) is 55.6 cm³/mol. The van der Waals surface area contributed by atoms with Gasteiger partial charge in [0.1, 0.15) is 0 Å². The minimum atomic E-state index is 0.637. The average molecular weight is 191 g/mol. The summed E-state index contributed by atoms with van der Waals surface area (Å²) in [4.78, 5) is 4.15. The van der Waals surface area contributed by atoms with Crippen molar-refractivity contribution in [2.75, 3.05) is 0 Å². The van der Waals surface area contributed by atoms with Gasteiger partial charge in [-0.15, -0.1) is 11.3 Å². The van der Waals surface area contributed by atoms with Crippen molar-refractivity contribution in [3.63, 3.8) is 0 Å². The maximum atomic E-state index is 4.15. The lowest BCUT2D eigenvalue weighted by Gasteiger charge is -2.15. The second kappa shape index (κ2) is 4.43. The summed E-state index contributed by atoms with van der Waals surface area (Å²) in [6.45, 7) is 0. The lowest BCUT2D eigenvalue weighted by atomic mass is 9.90. The molecule has 2 rings (SSSR count). The summed E-state index contributed by atoms with van der Waals surface area (Å²) in [5.74, 6) is 7.11. The van der Waals surface area contributed by atoms with E-state index in [4.69, 9.17) is 0 Å². The van der Waals surface area contributed by atoms with Gasteiger partial charge in [-0.3, -0.25) is 0 Å². The van der Waals surface area contributed by atoms with Crippen molar-refractivity contribution in [1.82, 2.24) is 4.98 Å². The Morgan fingerprint density at radius 3 is 2.85 bits per heavy atom. The molecule has 1 fully saturated rings. The van der Waals surface area contributed by atoms with Gasteiger partial charge in [0.2, 0.25) is 0 Å². The largest absolute Gasteiger partial charge is 0.236 e. The molecule has 0 spiro atoms. The van der Waals surface area contributed by atoms with Gasteiger partial charge in [-0.25, -0.2) is 4.98 Å². The molecule has 0 unspecified atom stereocenters. The first-order chi connectivity index (χ1) is 6.45. The molecule has 0 radical (unpaired) electrons. The van der Waals surface area contributed by atoms with E-state index in [0.29, 0.717) is 5.92 Å². The van der Waals surface area contributed by atoms with Crippen molar-refractivity contribution in [2.24, 2.45) is 5.92 Å². The number of nitrogens with zero attached hydrogens (tertiary/aromatic N) is 1. The Morgan fingerprint density at radius 2 is 2.15 bits per heavy atom. The third kappa shape index (κ3) is 2.57. The first-order valence-corrected chi connectivity index (χ1v) is 5.74. The van der Waals surface area contributed by atoms with Crippen LogP contribution in [0.5, 0.6) is 0 Å². The fourth-order valence-corrected chi connectivity index (χ4v) is 2.19. The molecule has 1 nitrogen and oxygen atoms in total. The molecular formula is C11H13NS. The highest BCUT2D eigenvalue weighted by atomic mass is 32.1. The fraction of sp³-hybridized carbons (Fsp3) is 0.545. The first-order valence-electron chi connectivity index (χ1n) is 4.86. The number of hydrogen-bond acceptors (Lipinski definition) is 2. The van der Waals surface area contributed by atoms with Crippen molar-refractivity contribution in [3.8, 4) is 11.8 Å². The molecule has 0 aromatic carbocycles. The summed E-state index contributed by atoms with van der Waals surface area (Å²) in [7, 11) is 0. The lowest BCUT2D eigenvalue weighted by Crippen LogP contribution is -2.02. The second-order valence-electron chi connectivity index (χ2n) is 3.44. The van der Waals surface area contributed by atoms with Gasteiger partial charge >= 0.3 is 0 Å². The highest BCUT2D eigenvalue weighted by molar-refractivity contribution is 7.10. The van der Waals surface area contributed by atoms with Crippen molar-refractivity contribution in [3.05, 3.63) is 16.6 Å². The van der Waals surface area contributed by atoms with Crippen LogP contribution in [0.3, 0.4) is 0 Å². The smallest absolute Gasteiger partial charge is 0.166 e. The highest BCUT2D eigenvalue weighted by Crippen LogP contribution is 2.22. The topological polar surface area (TPSA) is 12.9 Å². The van der Waals surface area contributed by atoms with Crippen LogP contribution in [0.15, 0.2) is 11.6 Å². The molecule has 0 amide bonds. The summed E-state index contributed by atoms with van der Waals surface area (Å²) >= 11 is 1.63. The van der Waals surface area contributed by atoms with E-state index in [2.05, 4.69) is 16.8 Å². The van der Waals surface area contributed by atoms with Gasteiger partial charge in [-0.2, -0.15) is 0 Å². The Bertz CT molecular complexity index is 299. The van der Waals surface area contributed by atoms with Gasteiger partial charge in [-0.1, -0.05) is 25.2 Å². The monoisotopic (exact) mass is 191 g/mol. The minimum absolute atomic E-state index is 0.637. The van der Waals surface area contributed by atoms with Crippen molar-refractivity contribution >= 4 is 11.3 Å². The van der Waals surface area contributed by atoms with Crippen molar-refractivity contribution in [1.29, 1.82) is 0 Å². The fourth-order valence-electron chi connectivity index (χ4n) is 1.70. The highest BCUT2D eigenvalue weighted by Gasteiger charge is 2.09. The molecule has 0 aliphatic heterocycles. The van der Waals surface area contributed by atoms with E-state index in [9.17, 15) is 0 Å². The summed E-state index contributed by atoms with van der Waals surface area (Å²) < 4.78 is 0. The van der Waals surface area contributed by atoms with Gasteiger partial charge < -0.3 is 0 Å². The van der Waals surface area contributed by atoms with Gasteiger partial charge in [0, 0.05) is 17.5 Å². The van der Waals surface area contributed by atoms with E-state index < -0.39 is 0 Å². The van der Waals surface area contributed by atoms with Crippen LogP contribution in [-0.4, -0.2) is 4.98 Å². The van der Waals surface area contributed by atoms with Crippen LogP contribution in [0.4, 0.5) is 0 Å². The van der Waals surface area contributed by atoms with Crippen LogP contribution in [0.25, 0.3) is 0 Å². The average Bonchev–Trinajstić information content (AvgIpc) is 2.69. The number of rotatable bonds is 0. The minimum Gasteiger partial charge on any atom is -0.236 e. The van der Waals surface area contributed by atoms with Crippen LogP contribution in [-0.2, 0) is 0 Å². The molecule has 1 aromatic rings. The SMILES string of the molecule is C(#CC1CCCCC1)c1nccs1. The standard InChI is InChI=1S/C11H13NS/c1-2-4-10(5-3-1)6-7-11-12-8-9-13-11/h8-10H,1-5H2. The third-order valence-corrected chi connectivity index (χ3v) is 3.11. The van der Waals surface area contributed by atoms with E-state index in [1.54, 1.807) is 11.3 Å². The van der Waals surface area contributed by atoms with Crippen LogP contribution in [0.2, 0.25) is 0 Å². The van der Waals surface area contributed by atoms with E-state index in [1.807, 2.05) is 11.6 Å². The van der Waals surface area contributed by atoms with E-state index >= 15 is 0 Å². The van der Waals surface area contributed by atoms with Crippen LogP contribution in [0.1, 0.15) is 37.1 Å². The maximum absolute atomic E-state index is 4.15. The van der Waals surface area contributed by atoms with Crippen LogP contribution in [0, 0.1) is 17.8 Å². The Labute approximate surface area is 83.2 Å². The molecular weight excluding hydrogens is 178 g/mol. The molecule has 1 aliphatic carbocycles. The van der Waals surface area contributed by atoms with E-state index in [0.717, 1.165) is 5.01 Å². The number of aromatic nitrogens is 1. The Balaban J connectivity index is 1.95. The molecule has 68 valence electrons. The molecule has 1 aliphatic rings. The summed E-state index contributed by atoms with van der Waals surface area (Å²) in [6, 6.07) is 0. The molecule has 1 heterocycles. The molecule has 13 heavy (non-hydrogen) atoms. The lowest BCUT2D eigenvalue weighted by molar-refractivity contribution is 0.430. The van der Waals surface area contributed by atoms with Crippen molar-refractivity contribution in [2.45, 2.75) is 32.1 Å². The Morgan fingerprint density at radius 1 is 1.31 bits per heavy atom. The summed E-state index contributed by atoms with van der Waals surface area (Å²) in [5, 5.41) is 2.94. The van der Waals surface area contributed by atoms with Gasteiger partial charge in [-0.05, 0) is 18.8 Å². The number of hydrogen-bond donors (Lipinski definition) is 0. The predicted octanol–water partition coefficient (Wildman–Crippen LogP) is 3.07. The third-order valence-electron chi connectivity index (χ3n) is 2.42. The zero-order chi connectivity index (χ0) is 8.93. The second-order valence-corrected chi connectivity index (χ2v) is 4.34. The molecule has 1 aromatic heterocycles. The van der Waals surface area contributed by atoms with Crippen molar-refractivity contribution < 1.29 is 0 Å².